The van der Waals surface area contributed by atoms with E-state index < -0.39 is 12.4 Å². The fourth-order valence-corrected chi connectivity index (χ4v) is 2.06. The van der Waals surface area contributed by atoms with E-state index in [1.165, 1.54) is 0 Å². The third-order valence-corrected chi connectivity index (χ3v) is 3.02. The molecule has 0 saturated heterocycles. The van der Waals surface area contributed by atoms with Crippen LogP contribution in [0, 0.1) is 13.8 Å². The number of rotatable bonds is 7. The Balaban J connectivity index is 3.03. The topological polar surface area (TPSA) is 47.9 Å². The van der Waals surface area contributed by atoms with Gasteiger partial charge in [-0.05, 0) is 56.5 Å². The van der Waals surface area contributed by atoms with Crippen LogP contribution in [0.15, 0.2) is 12.1 Å². The monoisotopic (exact) mass is 268 g/mol. The van der Waals surface area contributed by atoms with Crippen molar-refractivity contribution in [2.45, 2.75) is 40.1 Å². The van der Waals surface area contributed by atoms with Gasteiger partial charge in [0.25, 0.3) is 0 Å². The van der Waals surface area contributed by atoms with Crippen LogP contribution >= 0.6 is 0 Å². The zero-order valence-electron chi connectivity index (χ0n) is 12.4. The average Bonchev–Trinajstić information content (AvgIpc) is 2.40. The van der Waals surface area contributed by atoms with Gasteiger partial charge < -0.3 is 19.3 Å². The lowest BCUT2D eigenvalue weighted by Gasteiger charge is -2.24. The van der Waals surface area contributed by atoms with Crippen LogP contribution in [0.2, 0.25) is 0 Å². The van der Waals surface area contributed by atoms with Crippen LogP contribution in [0.4, 0.5) is 0 Å². The Morgan fingerprint density at radius 1 is 1.05 bits per heavy atom. The average molecular weight is 268 g/mol. The predicted molar refractivity (Wildman–Crippen MR) is 74.5 cm³/mol. The molecule has 0 fully saturated rings. The van der Waals surface area contributed by atoms with Crippen molar-refractivity contribution in [3.63, 3.8) is 0 Å². The molecule has 1 rings (SSSR count). The molecular formula is C15H24O4. The predicted octanol–water partition coefficient (Wildman–Crippen LogP) is 2.74. The molecule has 0 bridgehead atoms. The highest BCUT2D eigenvalue weighted by Gasteiger charge is 2.24. The fourth-order valence-electron chi connectivity index (χ4n) is 2.06. The molecule has 108 valence electrons. The van der Waals surface area contributed by atoms with Crippen LogP contribution < -0.4 is 4.74 Å². The zero-order valence-corrected chi connectivity index (χ0v) is 12.4. The Labute approximate surface area is 115 Å². The van der Waals surface area contributed by atoms with Gasteiger partial charge in [-0.15, -0.1) is 0 Å². The van der Waals surface area contributed by atoms with Gasteiger partial charge in [0.2, 0.25) is 0 Å². The molecule has 0 aromatic heterocycles. The maximum Gasteiger partial charge on any atom is 0.187 e. The smallest absolute Gasteiger partial charge is 0.187 e. The molecule has 0 saturated carbocycles. The van der Waals surface area contributed by atoms with E-state index in [0.717, 1.165) is 22.4 Å². The Morgan fingerprint density at radius 2 is 1.63 bits per heavy atom. The minimum Gasteiger partial charge on any atom is -0.496 e. The highest BCUT2D eigenvalue weighted by atomic mass is 16.7. The van der Waals surface area contributed by atoms with Gasteiger partial charge in [0.05, 0.1) is 7.11 Å². The molecule has 1 aromatic rings. The molecule has 0 amide bonds. The molecule has 0 radical (unpaired) electrons. The summed E-state index contributed by atoms with van der Waals surface area (Å²) in [6, 6.07) is 3.84. The van der Waals surface area contributed by atoms with Gasteiger partial charge in [-0.2, -0.15) is 0 Å². The van der Waals surface area contributed by atoms with Crippen molar-refractivity contribution in [1.29, 1.82) is 0 Å². The summed E-state index contributed by atoms with van der Waals surface area (Å²) in [5.74, 6) is 0.817. The molecule has 1 aromatic carbocycles. The summed E-state index contributed by atoms with van der Waals surface area (Å²) < 4.78 is 16.2. The van der Waals surface area contributed by atoms with Crippen molar-refractivity contribution in [2.24, 2.45) is 0 Å². The third kappa shape index (κ3) is 3.93. The quantitative estimate of drug-likeness (QED) is 0.772. The fraction of sp³-hybridized carbons (Fsp3) is 0.600. The van der Waals surface area contributed by atoms with Crippen LogP contribution in [-0.4, -0.2) is 31.7 Å². The van der Waals surface area contributed by atoms with E-state index in [1.807, 2.05) is 39.8 Å². The van der Waals surface area contributed by atoms with Crippen molar-refractivity contribution in [1.82, 2.24) is 0 Å². The second-order valence-corrected chi connectivity index (χ2v) is 4.40. The second-order valence-electron chi connectivity index (χ2n) is 4.40. The standard InChI is InChI=1S/C15H24O4/c1-6-18-15(19-7-2)14(16)12-8-11(4)13(17-5)9-10(12)3/h8-9,14-16H,6-7H2,1-5H3. The number of aliphatic hydroxyl groups is 1. The molecule has 0 aliphatic rings. The summed E-state index contributed by atoms with van der Waals surface area (Å²) in [5, 5.41) is 10.4. The first-order valence-corrected chi connectivity index (χ1v) is 6.61. The minimum absolute atomic E-state index is 0.496. The molecular weight excluding hydrogens is 244 g/mol. The number of aryl methyl sites for hydroxylation is 2. The number of aliphatic hydroxyl groups excluding tert-OH is 1. The first-order valence-electron chi connectivity index (χ1n) is 6.61. The zero-order chi connectivity index (χ0) is 14.4. The van der Waals surface area contributed by atoms with Crippen LogP contribution in [0.3, 0.4) is 0 Å². The Morgan fingerprint density at radius 3 is 2.11 bits per heavy atom. The molecule has 1 unspecified atom stereocenters. The van der Waals surface area contributed by atoms with E-state index in [4.69, 9.17) is 14.2 Å². The van der Waals surface area contributed by atoms with E-state index in [9.17, 15) is 5.11 Å². The summed E-state index contributed by atoms with van der Waals surface area (Å²) in [6.45, 7) is 8.64. The number of methoxy groups -OCH3 is 1. The molecule has 4 nitrogen and oxygen atoms in total. The Kier molecular flexibility index (Phi) is 6.28. The second kappa shape index (κ2) is 7.48. The highest BCUT2D eigenvalue weighted by Crippen LogP contribution is 2.29. The lowest BCUT2D eigenvalue weighted by molar-refractivity contribution is -0.191. The van der Waals surface area contributed by atoms with Crippen molar-refractivity contribution in [3.8, 4) is 5.75 Å². The number of benzene rings is 1. The molecule has 0 aliphatic carbocycles. The molecule has 1 N–H and O–H groups in total. The summed E-state index contributed by atoms with van der Waals surface area (Å²) >= 11 is 0. The first-order chi connectivity index (χ1) is 9.04. The van der Waals surface area contributed by atoms with Gasteiger partial charge in [0.15, 0.2) is 6.29 Å². The molecule has 1 atom stereocenters. The van der Waals surface area contributed by atoms with Crippen molar-refractivity contribution in [2.75, 3.05) is 20.3 Å². The van der Waals surface area contributed by atoms with Gasteiger partial charge in [-0.3, -0.25) is 0 Å². The first kappa shape index (κ1) is 16.0. The lowest BCUT2D eigenvalue weighted by Crippen LogP contribution is -2.26. The molecule has 4 heteroatoms. The van der Waals surface area contributed by atoms with E-state index in [1.54, 1.807) is 7.11 Å². The van der Waals surface area contributed by atoms with Crippen LogP contribution in [0.25, 0.3) is 0 Å². The van der Waals surface area contributed by atoms with Crippen molar-refractivity contribution < 1.29 is 19.3 Å². The third-order valence-electron chi connectivity index (χ3n) is 3.02. The molecule has 0 spiro atoms. The minimum atomic E-state index is -0.801. The van der Waals surface area contributed by atoms with Gasteiger partial charge in [-0.1, -0.05) is 0 Å². The van der Waals surface area contributed by atoms with Gasteiger partial charge in [0, 0.05) is 13.2 Å². The number of hydrogen-bond donors (Lipinski definition) is 1. The summed E-state index contributed by atoms with van der Waals surface area (Å²) in [6.07, 6.45) is -1.44. The molecule has 0 aliphatic heterocycles. The molecule has 0 heterocycles. The summed E-state index contributed by atoms with van der Waals surface area (Å²) in [4.78, 5) is 0. The van der Waals surface area contributed by atoms with E-state index in [2.05, 4.69) is 0 Å². The molecule has 19 heavy (non-hydrogen) atoms. The highest BCUT2D eigenvalue weighted by molar-refractivity contribution is 5.42. The van der Waals surface area contributed by atoms with Crippen molar-refractivity contribution >= 4 is 0 Å². The summed E-state index contributed by atoms with van der Waals surface area (Å²) in [7, 11) is 1.64. The maximum absolute atomic E-state index is 10.4. The largest absolute Gasteiger partial charge is 0.496 e. The Hall–Kier alpha value is -1.10. The van der Waals surface area contributed by atoms with E-state index in [0.29, 0.717) is 13.2 Å². The SMILES string of the molecule is CCOC(OCC)C(O)c1cc(C)c(OC)cc1C. The van der Waals surface area contributed by atoms with Crippen LogP contribution in [0.1, 0.15) is 36.6 Å². The number of ether oxygens (including phenoxy) is 3. The Bertz CT molecular complexity index is 397. The van der Waals surface area contributed by atoms with E-state index >= 15 is 0 Å². The summed E-state index contributed by atoms with van der Waals surface area (Å²) in [5.41, 5.74) is 2.75. The van der Waals surface area contributed by atoms with Gasteiger partial charge >= 0.3 is 0 Å². The van der Waals surface area contributed by atoms with Gasteiger partial charge in [0.1, 0.15) is 11.9 Å². The van der Waals surface area contributed by atoms with Gasteiger partial charge in [-0.25, -0.2) is 0 Å². The maximum atomic E-state index is 10.4. The van der Waals surface area contributed by atoms with Crippen LogP contribution in [-0.2, 0) is 9.47 Å². The van der Waals surface area contributed by atoms with Crippen LogP contribution in [0.5, 0.6) is 5.75 Å². The number of hydrogen-bond acceptors (Lipinski definition) is 4. The normalized spacial score (nSPS) is 12.8. The van der Waals surface area contributed by atoms with Crippen molar-refractivity contribution in [3.05, 3.63) is 28.8 Å². The lowest BCUT2D eigenvalue weighted by atomic mass is 9.99. The van der Waals surface area contributed by atoms with E-state index in [-0.39, 0.29) is 0 Å².